The summed E-state index contributed by atoms with van der Waals surface area (Å²) in [6, 6.07) is 30.0. The Morgan fingerprint density at radius 1 is 0.591 bits per heavy atom. The maximum atomic E-state index is 11.4. The van der Waals surface area contributed by atoms with Crippen molar-refractivity contribution < 1.29 is 9.32 Å². The van der Waals surface area contributed by atoms with Crippen molar-refractivity contribution in [2.45, 2.75) is 0 Å². The Bertz CT molecular complexity index is 630. The number of carbonyl (C=O) groups is 1. The van der Waals surface area contributed by atoms with Gasteiger partial charge in [0.2, 0.25) is 0 Å². The molecule has 0 fully saturated rings. The third kappa shape index (κ3) is 2.54. The second kappa shape index (κ2) is 6.55. The fourth-order valence-electron chi connectivity index (χ4n) is 2.79. The van der Waals surface area contributed by atoms with Crippen molar-refractivity contribution >= 4 is 29.9 Å². The molecule has 0 aliphatic rings. The van der Waals surface area contributed by atoms with Crippen molar-refractivity contribution in [1.82, 2.24) is 0 Å². The fourth-order valence-corrected chi connectivity index (χ4v) is 6.33. The average Bonchev–Trinajstić information content (AvgIpc) is 2.62. The minimum atomic E-state index is -2.79. The van der Waals surface area contributed by atoms with Crippen molar-refractivity contribution in [2.75, 3.05) is 0 Å². The zero-order valence-electron chi connectivity index (χ0n) is 12.1. The van der Waals surface area contributed by atoms with E-state index in [1.54, 1.807) is 0 Å². The van der Waals surface area contributed by atoms with Crippen LogP contribution in [0.4, 0.5) is 0 Å². The summed E-state index contributed by atoms with van der Waals surface area (Å²) in [4.78, 5) is 11.4. The Morgan fingerprint density at radius 3 is 1.18 bits per heavy atom. The Kier molecular flexibility index (Phi) is 4.32. The molecular weight excluding hydrogens is 291 g/mol. The van der Waals surface area contributed by atoms with E-state index in [0.29, 0.717) is 6.47 Å². The normalized spacial score (nSPS) is 11.6. The van der Waals surface area contributed by atoms with E-state index in [-0.39, 0.29) is 0 Å². The van der Waals surface area contributed by atoms with Crippen molar-refractivity contribution in [3.05, 3.63) is 91.0 Å². The van der Waals surface area contributed by atoms with Crippen LogP contribution in [0.25, 0.3) is 0 Å². The van der Waals surface area contributed by atoms with Gasteiger partial charge in [-0.05, 0) is 0 Å². The van der Waals surface area contributed by atoms with Crippen molar-refractivity contribution in [2.24, 2.45) is 0 Å². The molecule has 2 nitrogen and oxygen atoms in total. The van der Waals surface area contributed by atoms with Crippen LogP contribution in [0.2, 0.25) is 0 Å². The Hall–Kier alpha value is -2.44. The molecule has 0 radical (unpaired) electrons. The van der Waals surface area contributed by atoms with E-state index in [0.717, 1.165) is 15.9 Å². The van der Waals surface area contributed by atoms with Crippen molar-refractivity contribution in [1.29, 1.82) is 0 Å². The zero-order valence-corrected chi connectivity index (χ0v) is 13.1. The van der Waals surface area contributed by atoms with Gasteiger partial charge in [0.15, 0.2) is 0 Å². The first kappa shape index (κ1) is 14.5. The van der Waals surface area contributed by atoms with E-state index >= 15 is 0 Å². The molecule has 3 heteroatoms. The monoisotopic (exact) mass is 308 g/mol. The summed E-state index contributed by atoms with van der Waals surface area (Å²) in [6.07, 6.45) is 0. The van der Waals surface area contributed by atoms with Crippen LogP contribution in [-0.2, 0) is 9.32 Å². The molecule has 0 spiro atoms. The summed E-state index contributed by atoms with van der Waals surface area (Å²) in [6.45, 7) is 0.583. The molecule has 0 saturated heterocycles. The van der Waals surface area contributed by atoms with Crippen LogP contribution in [0.3, 0.4) is 0 Å². The Morgan fingerprint density at radius 2 is 0.909 bits per heavy atom. The summed E-state index contributed by atoms with van der Waals surface area (Å²) >= 11 is 0. The second-order valence-corrected chi connectivity index (χ2v) is 8.32. The molecule has 0 saturated carbocycles. The standard InChI is InChI=1S/C19H17O2P/c20-16-21-22(17-10-4-1-5-11-17,18-12-6-2-7-13-18)19-14-8-3-9-15-19/h1-16,22H. The Balaban J connectivity index is 2.31. The first-order chi connectivity index (χ1) is 10.9. The molecule has 110 valence electrons. The number of carbonyl (C=O) groups excluding carboxylic acids is 1. The van der Waals surface area contributed by atoms with Crippen LogP contribution in [0.15, 0.2) is 91.0 Å². The molecule has 0 heterocycles. The molecule has 0 bridgehead atoms. The summed E-state index contributed by atoms with van der Waals surface area (Å²) < 4.78 is 5.85. The van der Waals surface area contributed by atoms with Crippen LogP contribution in [0.1, 0.15) is 0 Å². The molecule has 0 atom stereocenters. The summed E-state index contributed by atoms with van der Waals surface area (Å²) in [5.41, 5.74) is 0. The summed E-state index contributed by atoms with van der Waals surface area (Å²) in [7, 11) is -2.79. The molecular formula is C19H17O2P. The minimum absolute atomic E-state index is 0.583. The van der Waals surface area contributed by atoms with Gasteiger partial charge < -0.3 is 0 Å². The SMILES string of the molecule is O=CO[PH](c1ccccc1)(c1ccccc1)c1ccccc1. The van der Waals surface area contributed by atoms with Gasteiger partial charge in [0.05, 0.1) is 0 Å². The number of rotatable bonds is 5. The van der Waals surface area contributed by atoms with E-state index in [1.165, 1.54) is 0 Å². The van der Waals surface area contributed by atoms with Crippen LogP contribution < -0.4 is 15.9 Å². The molecule has 0 unspecified atom stereocenters. The zero-order chi connectivity index (χ0) is 15.3. The van der Waals surface area contributed by atoms with E-state index in [1.807, 2.05) is 91.0 Å². The quantitative estimate of drug-likeness (QED) is 0.535. The second-order valence-electron chi connectivity index (χ2n) is 4.99. The number of hydrogen-bond acceptors (Lipinski definition) is 2. The van der Waals surface area contributed by atoms with E-state index in [2.05, 4.69) is 0 Å². The first-order valence-electron chi connectivity index (χ1n) is 7.16. The van der Waals surface area contributed by atoms with Gasteiger partial charge in [-0.2, -0.15) is 0 Å². The van der Waals surface area contributed by atoms with Gasteiger partial charge in [-0.1, -0.05) is 0 Å². The molecule has 0 amide bonds. The van der Waals surface area contributed by atoms with Crippen molar-refractivity contribution in [3.63, 3.8) is 0 Å². The van der Waals surface area contributed by atoms with Gasteiger partial charge in [-0.3, -0.25) is 0 Å². The van der Waals surface area contributed by atoms with Gasteiger partial charge in [0.1, 0.15) is 0 Å². The van der Waals surface area contributed by atoms with Crippen LogP contribution in [-0.4, -0.2) is 6.47 Å². The van der Waals surface area contributed by atoms with Gasteiger partial charge >= 0.3 is 130 Å². The predicted octanol–water partition coefficient (Wildman–Crippen LogP) is 2.80. The molecule has 3 aromatic rings. The van der Waals surface area contributed by atoms with E-state index in [9.17, 15) is 4.79 Å². The number of hydrogen-bond donors (Lipinski definition) is 0. The third-order valence-corrected chi connectivity index (χ3v) is 7.65. The summed E-state index contributed by atoms with van der Waals surface area (Å²) in [5.74, 6) is 0. The van der Waals surface area contributed by atoms with Gasteiger partial charge in [-0.25, -0.2) is 0 Å². The predicted molar refractivity (Wildman–Crippen MR) is 93.7 cm³/mol. The van der Waals surface area contributed by atoms with Gasteiger partial charge in [0, 0.05) is 0 Å². The van der Waals surface area contributed by atoms with E-state index < -0.39 is 7.49 Å². The van der Waals surface area contributed by atoms with Gasteiger partial charge in [0.25, 0.3) is 0 Å². The summed E-state index contributed by atoms with van der Waals surface area (Å²) in [5, 5.41) is 3.17. The molecule has 0 N–H and O–H groups in total. The van der Waals surface area contributed by atoms with Crippen LogP contribution in [0.5, 0.6) is 0 Å². The molecule has 0 aliphatic carbocycles. The molecule has 22 heavy (non-hydrogen) atoms. The average molecular weight is 308 g/mol. The van der Waals surface area contributed by atoms with Crippen LogP contribution >= 0.6 is 7.49 Å². The molecule has 3 rings (SSSR count). The molecule has 3 aromatic carbocycles. The van der Waals surface area contributed by atoms with Crippen molar-refractivity contribution in [3.8, 4) is 0 Å². The van der Waals surface area contributed by atoms with Crippen LogP contribution in [0, 0.1) is 0 Å². The van der Waals surface area contributed by atoms with E-state index in [4.69, 9.17) is 4.52 Å². The Labute approximate surface area is 130 Å². The first-order valence-corrected chi connectivity index (χ1v) is 9.07. The topological polar surface area (TPSA) is 26.3 Å². The fraction of sp³-hybridized carbons (Fsp3) is 0. The van der Waals surface area contributed by atoms with Gasteiger partial charge in [-0.15, -0.1) is 0 Å². The maximum absolute atomic E-state index is 11.4. The molecule has 0 aliphatic heterocycles. The molecule has 0 aromatic heterocycles. The third-order valence-electron chi connectivity index (χ3n) is 3.77. The number of benzene rings is 3.